The first-order valence-corrected chi connectivity index (χ1v) is 5.10. The minimum atomic E-state index is 0.191. The van der Waals surface area contributed by atoms with Gasteiger partial charge in [0.05, 0.1) is 0 Å². The lowest BCUT2D eigenvalue weighted by Gasteiger charge is -2.17. The van der Waals surface area contributed by atoms with Gasteiger partial charge in [0.1, 0.15) is 11.9 Å². The minimum Gasteiger partial charge on any atom is -0.489 e. The summed E-state index contributed by atoms with van der Waals surface area (Å²) >= 11 is 0. The number of nitrogens with zero attached hydrogens (tertiary/aromatic N) is 1. The molecule has 1 saturated carbocycles. The van der Waals surface area contributed by atoms with Gasteiger partial charge in [-0.3, -0.25) is 4.98 Å². The van der Waals surface area contributed by atoms with Gasteiger partial charge in [-0.2, -0.15) is 0 Å². The van der Waals surface area contributed by atoms with Gasteiger partial charge in [0.2, 0.25) is 0 Å². The van der Waals surface area contributed by atoms with E-state index >= 15 is 0 Å². The molecule has 2 rings (SSSR count). The molecule has 14 heavy (non-hydrogen) atoms. The highest BCUT2D eigenvalue weighted by Crippen LogP contribution is 2.23. The number of hydrogen-bond acceptors (Lipinski definition) is 3. The van der Waals surface area contributed by atoms with E-state index < -0.39 is 0 Å². The van der Waals surface area contributed by atoms with Crippen LogP contribution in [-0.2, 0) is 0 Å². The van der Waals surface area contributed by atoms with Crippen molar-refractivity contribution < 1.29 is 4.74 Å². The number of ether oxygens (including phenoxy) is 1. The minimum absolute atomic E-state index is 0.191. The predicted octanol–water partition coefficient (Wildman–Crippen LogP) is 1.65. The monoisotopic (exact) mass is 192 g/mol. The zero-order chi connectivity index (χ0) is 9.97. The Kier molecular flexibility index (Phi) is 2.68. The van der Waals surface area contributed by atoms with E-state index in [-0.39, 0.29) is 12.1 Å². The number of aromatic nitrogens is 1. The summed E-state index contributed by atoms with van der Waals surface area (Å²) in [5.41, 5.74) is 6.90. The molecule has 0 bridgehead atoms. The van der Waals surface area contributed by atoms with Crippen molar-refractivity contribution in [2.45, 2.75) is 38.3 Å². The Morgan fingerprint density at radius 1 is 1.50 bits per heavy atom. The Morgan fingerprint density at radius 2 is 2.36 bits per heavy atom. The van der Waals surface area contributed by atoms with Crippen LogP contribution in [0.3, 0.4) is 0 Å². The van der Waals surface area contributed by atoms with Gasteiger partial charge in [-0.15, -0.1) is 0 Å². The maximum absolute atomic E-state index is 5.92. The largest absolute Gasteiger partial charge is 0.489 e. The highest BCUT2D eigenvalue weighted by atomic mass is 16.5. The van der Waals surface area contributed by atoms with E-state index in [4.69, 9.17) is 10.5 Å². The Morgan fingerprint density at radius 3 is 3.00 bits per heavy atom. The molecule has 1 aliphatic carbocycles. The zero-order valence-electron chi connectivity index (χ0n) is 8.44. The molecule has 1 heterocycles. The molecule has 1 aliphatic rings. The molecule has 0 aromatic carbocycles. The summed E-state index contributed by atoms with van der Waals surface area (Å²) in [7, 11) is 0. The molecule has 0 radical (unpaired) electrons. The van der Waals surface area contributed by atoms with Crippen molar-refractivity contribution in [1.82, 2.24) is 4.98 Å². The molecule has 0 spiro atoms. The van der Waals surface area contributed by atoms with Crippen molar-refractivity contribution in [3.8, 4) is 5.75 Å². The Bertz CT molecular complexity index is 314. The smallest absolute Gasteiger partial charge is 0.123 e. The number of hydrogen-bond donors (Lipinski definition) is 1. The Balaban J connectivity index is 2.03. The second kappa shape index (κ2) is 3.96. The van der Waals surface area contributed by atoms with Crippen LogP contribution in [-0.4, -0.2) is 17.1 Å². The van der Waals surface area contributed by atoms with Gasteiger partial charge in [-0.05, 0) is 32.3 Å². The summed E-state index contributed by atoms with van der Waals surface area (Å²) < 4.78 is 5.80. The van der Waals surface area contributed by atoms with Crippen molar-refractivity contribution in [2.24, 2.45) is 5.73 Å². The second-order valence-corrected chi connectivity index (χ2v) is 3.88. The normalized spacial score (nSPS) is 26.4. The van der Waals surface area contributed by atoms with Crippen molar-refractivity contribution >= 4 is 0 Å². The molecule has 2 N–H and O–H groups in total. The summed E-state index contributed by atoms with van der Waals surface area (Å²) in [6.45, 7) is 1.96. The summed E-state index contributed by atoms with van der Waals surface area (Å²) in [4.78, 5) is 4.12. The highest BCUT2D eigenvalue weighted by Gasteiger charge is 2.25. The van der Waals surface area contributed by atoms with E-state index in [2.05, 4.69) is 4.98 Å². The molecule has 0 amide bonds. The molecule has 76 valence electrons. The molecule has 0 saturated heterocycles. The maximum atomic E-state index is 5.92. The van der Waals surface area contributed by atoms with Crippen molar-refractivity contribution in [1.29, 1.82) is 0 Å². The van der Waals surface area contributed by atoms with Crippen LogP contribution in [0.5, 0.6) is 5.75 Å². The van der Waals surface area contributed by atoms with Gasteiger partial charge in [0.25, 0.3) is 0 Å². The maximum Gasteiger partial charge on any atom is 0.123 e. The third-order valence-electron chi connectivity index (χ3n) is 2.66. The van der Waals surface area contributed by atoms with Crippen LogP contribution in [0, 0.1) is 6.92 Å². The van der Waals surface area contributed by atoms with E-state index in [0.29, 0.717) is 0 Å². The van der Waals surface area contributed by atoms with Gasteiger partial charge in [-0.1, -0.05) is 0 Å². The summed E-state index contributed by atoms with van der Waals surface area (Å²) in [6.07, 6.45) is 5.29. The van der Waals surface area contributed by atoms with Crippen LogP contribution >= 0.6 is 0 Å². The van der Waals surface area contributed by atoms with Gasteiger partial charge in [-0.25, -0.2) is 0 Å². The molecule has 2 atom stereocenters. The number of aryl methyl sites for hydroxylation is 1. The van der Waals surface area contributed by atoms with Crippen LogP contribution in [0.2, 0.25) is 0 Å². The van der Waals surface area contributed by atoms with Gasteiger partial charge in [0, 0.05) is 24.0 Å². The molecule has 1 aromatic heterocycles. The highest BCUT2D eigenvalue weighted by molar-refractivity contribution is 5.22. The van der Waals surface area contributed by atoms with Crippen molar-refractivity contribution in [3.05, 3.63) is 24.0 Å². The lowest BCUT2D eigenvalue weighted by molar-refractivity contribution is 0.191. The fourth-order valence-corrected chi connectivity index (χ4v) is 1.87. The first kappa shape index (κ1) is 9.46. The number of rotatable bonds is 2. The van der Waals surface area contributed by atoms with Crippen LogP contribution in [0.25, 0.3) is 0 Å². The van der Waals surface area contributed by atoms with Crippen LogP contribution in [0.1, 0.15) is 25.0 Å². The zero-order valence-corrected chi connectivity index (χ0v) is 8.44. The van der Waals surface area contributed by atoms with Crippen LogP contribution < -0.4 is 10.5 Å². The molecular weight excluding hydrogens is 176 g/mol. The van der Waals surface area contributed by atoms with E-state index in [1.807, 2.05) is 19.1 Å². The Labute approximate surface area is 84.3 Å². The van der Waals surface area contributed by atoms with E-state index in [1.54, 1.807) is 6.20 Å². The topological polar surface area (TPSA) is 48.1 Å². The quantitative estimate of drug-likeness (QED) is 0.775. The standard InChI is InChI=1S/C11H16N2O/c1-8-7-9(5-6-13-8)14-11-4-2-3-10(11)12/h5-7,10-11H,2-4,12H2,1H3/t10-,11-/m1/s1. The van der Waals surface area contributed by atoms with Gasteiger partial charge >= 0.3 is 0 Å². The average Bonchev–Trinajstić information content (AvgIpc) is 2.52. The molecular formula is C11H16N2O. The first-order chi connectivity index (χ1) is 6.75. The molecule has 1 fully saturated rings. The van der Waals surface area contributed by atoms with E-state index in [1.165, 1.54) is 6.42 Å². The fraction of sp³-hybridized carbons (Fsp3) is 0.545. The summed E-state index contributed by atoms with van der Waals surface area (Å²) in [5.74, 6) is 0.889. The van der Waals surface area contributed by atoms with Crippen LogP contribution in [0.4, 0.5) is 0 Å². The SMILES string of the molecule is Cc1cc(O[C@@H]2CCC[C@H]2N)ccn1. The lowest BCUT2D eigenvalue weighted by atomic mass is 10.2. The third kappa shape index (κ3) is 2.04. The second-order valence-electron chi connectivity index (χ2n) is 3.88. The summed E-state index contributed by atoms with van der Waals surface area (Å²) in [6, 6.07) is 4.03. The summed E-state index contributed by atoms with van der Waals surface area (Å²) in [5, 5.41) is 0. The van der Waals surface area contributed by atoms with Gasteiger partial charge < -0.3 is 10.5 Å². The number of nitrogens with two attached hydrogens (primary N) is 1. The lowest BCUT2D eigenvalue weighted by Crippen LogP contribution is -2.33. The van der Waals surface area contributed by atoms with E-state index in [9.17, 15) is 0 Å². The average molecular weight is 192 g/mol. The van der Waals surface area contributed by atoms with Crippen molar-refractivity contribution in [3.63, 3.8) is 0 Å². The molecule has 3 heteroatoms. The molecule has 0 aliphatic heterocycles. The fourth-order valence-electron chi connectivity index (χ4n) is 1.87. The first-order valence-electron chi connectivity index (χ1n) is 5.10. The van der Waals surface area contributed by atoms with Crippen LogP contribution in [0.15, 0.2) is 18.3 Å². The van der Waals surface area contributed by atoms with Crippen molar-refractivity contribution in [2.75, 3.05) is 0 Å². The van der Waals surface area contributed by atoms with E-state index in [0.717, 1.165) is 24.3 Å². The molecule has 1 aromatic rings. The Hall–Kier alpha value is -1.09. The van der Waals surface area contributed by atoms with Gasteiger partial charge in [0.15, 0.2) is 0 Å². The molecule has 0 unspecified atom stereocenters. The third-order valence-corrected chi connectivity index (χ3v) is 2.66. The predicted molar refractivity (Wildman–Crippen MR) is 55.2 cm³/mol. The number of pyridine rings is 1. The molecule has 3 nitrogen and oxygen atoms in total.